The minimum atomic E-state index is -0.248. The molecule has 1 aliphatic rings. The van der Waals surface area contributed by atoms with E-state index in [2.05, 4.69) is 20.3 Å². The Bertz CT molecular complexity index is 867. The zero-order valence-corrected chi connectivity index (χ0v) is 13.7. The van der Waals surface area contributed by atoms with E-state index in [1.807, 2.05) is 23.9 Å². The van der Waals surface area contributed by atoms with Crippen molar-refractivity contribution in [3.05, 3.63) is 47.9 Å². The first-order chi connectivity index (χ1) is 11.7. The maximum absolute atomic E-state index is 13.4. The van der Waals surface area contributed by atoms with E-state index in [9.17, 15) is 4.39 Å². The van der Waals surface area contributed by atoms with Crippen LogP contribution in [0.4, 0.5) is 10.2 Å². The molecule has 0 saturated heterocycles. The lowest BCUT2D eigenvalue weighted by Crippen LogP contribution is -2.09. The average molecular weight is 325 g/mol. The van der Waals surface area contributed by atoms with E-state index in [1.54, 1.807) is 6.07 Å². The molecule has 0 spiro atoms. The molecule has 5 nitrogen and oxygen atoms in total. The molecule has 0 atom stereocenters. The molecule has 6 heteroatoms. The smallest absolute Gasteiger partial charge is 0.133 e. The molecular weight excluding hydrogens is 305 g/mol. The van der Waals surface area contributed by atoms with Crippen LogP contribution in [0.25, 0.3) is 11.0 Å². The number of nitrogens with one attached hydrogen (secondary N) is 1. The van der Waals surface area contributed by atoms with Crippen molar-refractivity contribution >= 4 is 16.9 Å². The van der Waals surface area contributed by atoms with Gasteiger partial charge < -0.3 is 9.88 Å². The number of hydrogen-bond acceptors (Lipinski definition) is 4. The second-order valence-corrected chi connectivity index (χ2v) is 6.36. The third-order valence-corrected chi connectivity index (χ3v) is 4.76. The Hall–Kier alpha value is -2.50. The van der Waals surface area contributed by atoms with Crippen molar-refractivity contribution in [2.24, 2.45) is 7.05 Å². The lowest BCUT2D eigenvalue weighted by Gasteiger charge is -2.10. The Morgan fingerprint density at radius 3 is 2.88 bits per heavy atom. The Balaban J connectivity index is 1.52. The Labute approximate surface area is 140 Å². The quantitative estimate of drug-likeness (QED) is 0.793. The van der Waals surface area contributed by atoms with Gasteiger partial charge in [-0.05, 0) is 37.1 Å². The topological polar surface area (TPSA) is 55.6 Å². The van der Waals surface area contributed by atoms with Crippen LogP contribution in [0.3, 0.4) is 0 Å². The molecule has 0 amide bonds. The van der Waals surface area contributed by atoms with Gasteiger partial charge in [0.2, 0.25) is 0 Å². The number of nitrogens with zero attached hydrogens (tertiary/aromatic N) is 4. The molecule has 2 aromatic heterocycles. The maximum Gasteiger partial charge on any atom is 0.133 e. The van der Waals surface area contributed by atoms with E-state index in [0.29, 0.717) is 12.5 Å². The van der Waals surface area contributed by atoms with Crippen molar-refractivity contribution in [2.45, 2.75) is 38.1 Å². The molecular formula is C18H20FN5. The second-order valence-electron chi connectivity index (χ2n) is 6.36. The summed E-state index contributed by atoms with van der Waals surface area (Å²) in [7, 11) is 1.90. The monoisotopic (exact) mass is 325 g/mol. The van der Waals surface area contributed by atoms with Crippen LogP contribution >= 0.6 is 0 Å². The first-order valence-electron chi connectivity index (χ1n) is 8.38. The molecule has 1 saturated carbocycles. The van der Waals surface area contributed by atoms with Crippen molar-refractivity contribution in [3.8, 4) is 0 Å². The van der Waals surface area contributed by atoms with E-state index in [0.717, 1.165) is 28.5 Å². The van der Waals surface area contributed by atoms with Crippen LogP contribution < -0.4 is 5.32 Å². The Morgan fingerprint density at radius 1 is 1.21 bits per heavy atom. The second kappa shape index (κ2) is 6.19. The van der Waals surface area contributed by atoms with Crippen molar-refractivity contribution in [1.29, 1.82) is 0 Å². The zero-order valence-electron chi connectivity index (χ0n) is 13.7. The largest absolute Gasteiger partial charge is 0.363 e. The van der Waals surface area contributed by atoms with Gasteiger partial charge in [-0.3, -0.25) is 0 Å². The van der Waals surface area contributed by atoms with Crippen LogP contribution in [0.1, 0.15) is 43.3 Å². The number of fused-ring (bicyclic) bond motifs is 1. The van der Waals surface area contributed by atoms with Gasteiger partial charge in [-0.1, -0.05) is 12.8 Å². The molecule has 124 valence electrons. The Morgan fingerprint density at radius 2 is 2.04 bits per heavy atom. The van der Waals surface area contributed by atoms with Gasteiger partial charge in [-0.25, -0.2) is 19.3 Å². The normalized spacial score (nSPS) is 15.2. The number of rotatable bonds is 4. The molecule has 0 unspecified atom stereocenters. The standard InChI is InChI=1S/C18H20FN5/c1-24-15-10-13(19)6-7-14(15)22-17(24)11-21-16-8-9-20-18(23-16)12-4-2-3-5-12/h6-10,12H,2-5,11H2,1H3,(H,20,21,23). The molecule has 2 heterocycles. The van der Waals surface area contributed by atoms with E-state index in [1.165, 1.54) is 37.8 Å². The Kier molecular flexibility index (Phi) is 3.88. The number of imidazole rings is 1. The molecule has 0 aliphatic heterocycles. The van der Waals surface area contributed by atoms with Gasteiger partial charge in [-0.15, -0.1) is 0 Å². The minimum absolute atomic E-state index is 0.248. The fourth-order valence-electron chi connectivity index (χ4n) is 3.39. The predicted molar refractivity (Wildman–Crippen MR) is 91.2 cm³/mol. The lowest BCUT2D eigenvalue weighted by atomic mass is 10.1. The van der Waals surface area contributed by atoms with E-state index in [-0.39, 0.29) is 5.82 Å². The van der Waals surface area contributed by atoms with E-state index < -0.39 is 0 Å². The molecule has 1 fully saturated rings. The predicted octanol–water partition coefficient (Wildman–Crippen LogP) is 3.77. The fourth-order valence-corrected chi connectivity index (χ4v) is 3.39. The van der Waals surface area contributed by atoms with Crippen LogP contribution in [0, 0.1) is 5.82 Å². The molecule has 0 radical (unpaired) electrons. The van der Waals surface area contributed by atoms with Crippen LogP contribution in [0.15, 0.2) is 30.5 Å². The lowest BCUT2D eigenvalue weighted by molar-refractivity contribution is 0.628. The number of halogens is 1. The first-order valence-corrected chi connectivity index (χ1v) is 8.38. The number of aryl methyl sites for hydroxylation is 1. The third-order valence-electron chi connectivity index (χ3n) is 4.76. The molecule has 3 aromatic rings. The first kappa shape index (κ1) is 15.1. The summed E-state index contributed by atoms with van der Waals surface area (Å²) in [6.45, 7) is 0.536. The number of anilines is 1. The van der Waals surface area contributed by atoms with Crippen molar-refractivity contribution in [1.82, 2.24) is 19.5 Å². The highest BCUT2D eigenvalue weighted by Gasteiger charge is 2.19. The van der Waals surface area contributed by atoms with Gasteiger partial charge in [0.1, 0.15) is 23.3 Å². The highest BCUT2D eigenvalue weighted by molar-refractivity contribution is 5.76. The van der Waals surface area contributed by atoms with Crippen molar-refractivity contribution in [3.63, 3.8) is 0 Å². The summed E-state index contributed by atoms with van der Waals surface area (Å²) in [4.78, 5) is 13.6. The fraction of sp³-hybridized carbons (Fsp3) is 0.389. The summed E-state index contributed by atoms with van der Waals surface area (Å²) >= 11 is 0. The van der Waals surface area contributed by atoms with Gasteiger partial charge in [-0.2, -0.15) is 0 Å². The zero-order chi connectivity index (χ0) is 16.5. The molecule has 0 bridgehead atoms. The molecule has 1 N–H and O–H groups in total. The minimum Gasteiger partial charge on any atom is -0.363 e. The van der Waals surface area contributed by atoms with Crippen LogP contribution in [0.5, 0.6) is 0 Å². The molecule has 1 aromatic carbocycles. The van der Waals surface area contributed by atoms with Gasteiger partial charge >= 0.3 is 0 Å². The molecule has 4 rings (SSSR count). The maximum atomic E-state index is 13.4. The van der Waals surface area contributed by atoms with Gasteiger partial charge in [0.05, 0.1) is 17.6 Å². The number of benzene rings is 1. The van der Waals surface area contributed by atoms with Gasteiger partial charge in [0.25, 0.3) is 0 Å². The average Bonchev–Trinajstić information content (AvgIpc) is 3.23. The van der Waals surface area contributed by atoms with Crippen LogP contribution in [-0.4, -0.2) is 19.5 Å². The highest BCUT2D eigenvalue weighted by atomic mass is 19.1. The highest BCUT2D eigenvalue weighted by Crippen LogP contribution is 2.32. The van der Waals surface area contributed by atoms with Crippen LogP contribution in [-0.2, 0) is 13.6 Å². The molecule has 24 heavy (non-hydrogen) atoms. The summed E-state index contributed by atoms with van der Waals surface area (Å²) in [5.41, 5.74) is 1.59. The number of aromatic nitrogens is 4. The van der Waals surface area contributed by atoms with Crippen molar-refractivity contribution < 1.29 is 4.39 Å². The summed E-state index contributed by atoms with van der Waals surface area (Å²) in [6.07, 6.45) is 6.71. The van der Waals surface area contributed by atoms with E-state index >= 15 is 0 Å². The van der Waals surface area contributed by atoms with Gasteiger partial charge in [0, 0.05) is 19.2 Å². The van der Waals surface area contributed by atoms with E-state index in [4.69, 9.17) is 0 Å². The third kappa shape index (κ3) is 2.84. The molecule has 1 aliphatic carbocycles. The summed E-state index contributed by atoms with van der Waals surface area (Å²) in [5, 5.41) is 3.31. The van der Waals surface area contributed by atoms with Crippen molar-refractivity contribution in [2.75, 3.05) is 5.32 Å². The summed E-state index contributed by atoms with van der Waals surface area (Å²) in [6, 6.07) is 6.53. The van der Waals surface area contributed by atoms with Gasteiger partial charge in [0.15, 0.2) is 0 Å². The SMILES string of the molecule is Cn1c(CNc2ccnc(C3CCCC3)n2)nc2ccc(F)cc21. The number of hydrogen-bond donors (Lipinski definition) is 1. The summed E-state index contributed by atoms with van der Waals surface area (Å²) < 4.78 is 15.3. The van der Waals surface area contributed by atoms with Crippen LogP contribution in [0.2, 0.25) is 0 Å². The summed E-state index contributed by atoms with van der Waals surface area (Å²) in [5.74, 6) is 2.83.